The van der Waals surface area contributed by atoms with Crippen molar-refractivity contribution in [1.29, 1.82) is 0 Å². The number of halogens is 1. The van der Waals surface area contributed by atoms with Crippen LogP contribution in [0.15, 0.2) is 36.5 Å². The van der Waals surface area contributed by atoms with Gasteiger partial charge in [0.1, 0.15) is 17.2 Å². The molecule has 1 saturated heterocycles. The Kier molecular flexibility index (Phi) is 3.49. The molecule has 0 amide bonds. The van der Waals surface area contributed by atoms with Gasteiger partial charge in [-0.25, -0.2) is 9.97 Å². The second-order valence-electron chi connectivity index (χ2n) is 6.19. The summed E-state index contributed by atoms with van der Waals surface area (Å²) in [5, 5.41) is 0.680. The van der Waals surface area contributed by atoms with E-state index >= 15 is 0 Å². The van der Waals surface area contributed by atoms with Crippen molar-refractivity contribution >= 4 is 28.5 Å². The number of aryl methyl sites for hydroxylation is 1. The summed E-state index contributed by atoms with van der Waals surface area (Å²) in [6, 6.07) is 10.6. The predicted octanol–water partition coefficient (Wildman–Crippen LogP) is 4.28. The number of imidazole rings is 1. The van der Waals surface area contributed by atoms with E-state index in [0.29, 0.717) is 11.1 Å². The van der Waals surface area contributed by atoms with Gasteiger partial charge < -0.3 is 9.47 Å². The molecule has 5 heteroatoms. The zero-order valence-corrected chi connectivity index (χ0v) is 14.1. The molecular formula is C18H19ClN4. The van der Waals surface area contributed by atoms with E-state index in [2.05, 4.69) is 33.5 Å². The molecule has 4 nitrogen and oxygen atoms in total. The van der Waals surface area contributed by atoms with E-state index in [1.807, 2.05) is 31.4 Å². The minimum Gasteiger partial charge on any atom is -0.354 e. The summed E-state index contributed by atoms with van der Waals surface area (Å²) in [6.45, 7) is 3.35. The molecule has 3 heterocycles. The fourth-order valence-electron chi connectivity index (χ4n) is 3.40. The lowest BCUT2D eigenvalue weighted by atomic mass is 10.2. The number of pyridine rings is 1. The molecule has 0 radical (unpaired) electrons. The fourth-order valence-corrected chi connectivity index (χ4v) is 3.61. The Morgan fingerprint density at radius 2 is 2.09 bits per heavy atom. The largest absolute Gasteiger partial charge is 0.354 e. The quantitative estimate of drug-likeness (QED) is 0.705. The Bertz CT molecular complexity index is 853. The molecule has 0 spiro atoms. The van der Waals surface area contributed by atoms with Crippen LogP contribution in [0.5, 0.6) is 0 Å². The van der Waals surface area contributed by atoms with Crippen molar-refractivity contribution in [1.82, 2.24) is 14.5 Å². The van der Waals surface area contributed by atoms with Gasteiger partial charge in [-0.05, 0) is 44.0 Å². The number of nitrogens with zero attached hydrogens (tertiary/aromatic N) is 4. The highest BCUT2D eigenvalue weighted by atomic mass is 35.5. The molecule has 4 rings (SSSR count). The van der Waals surface area contributed by atoms with Gasteiger partial charge in [-0.15, -0.1) is 0 Å². The monoisotopic (exact) mass is 326 g/mol. The summed E-state index contributed by atoms with van der Waals surface area (Å²) in [4.78, 5) is 11.7. The van der Waals surface area contributed by atoms with Crippen LogP contribution in [0.1, 0.15) is 19.8 Å². The van der Waals surface area contributed by atoms with Crippen LogP contribution in [0.2, 0.25) is 5.02 Å². The lowest BCUT2D eigenvalue weighted by molar-refractivity contribution is 0.727. The number of anilines is 1. The molecular weight excluding hydrogens is 308 g/mol. The summed E-state index contributed by atoms with van der Waals surface area (Å²) in [5.41, 5.74) is 2.88. The first-order valence-electron chi connectivity index (χ1n) is 7.99. The fraction of sp³-hybridized carbons (Fsp3) is 0.333. The lowest BCUT2D eigenvalue weighted by Crippen LogP contribution is -2.26. The molecule has 118 valence electrons. The molecule has 3 aromatic rings. The van der Waals surface area contributed by atoms with Crippen molar-refractivity contribution in [3.05, 3.63) is 41.6 Å². The Morgan fingerprint density at radius 3 is 2.74 bits per heavy atom. The van der Waals surface area contributed by atoms with E-state index in [0.717, 1.165) is 34.8 Å². The van der Waals surface area contributed by atoms with E-state index in [1.54, 1.807) is 0 Å². The Balaban J connectivity index is 1.74. The molecule has 1 unspecified atom stereocenters. The van der Waals surface area contributed by atoms with Crippen molar-refractivity contribution < 1.29 is 0 Å². The van der Waals surface area contributed by atoms with E-state index < -0.39 is 0 Å². The third kappa shape index (κ3) is 2.38. The molecule has 1 fully saturated rings. The summed E-state index contributed by atoms with van der Waals surface area (Å²) in [7, 11) is 2.01. The van der Waals surface area contributed by atoms with Crippen LogP contribution in [0.4, 0.5) is 5.82 Å². The number of hydrogen-bond donors (Lipinski definition) is 0. The van der Waals surface area contributed by atoms with Gasteiger partial charge in [0.05, 0.1) is 10.5 Å². The van der Waals surface area contributed by atoms with Gasteiger partial charge in [-0.2, -0.15) is 0 Å². The van der Waals surface area contributed by atoms with Crippen LogP contribution in [0.25, 0.3) is 22.4 Å². The zero-order valence-electron chi connectivity index (χ0n) is 13.3. The first-order chi connectivity index (χ1) is 11.1. The first kappa shape index (κ1) is 14.5. The summed E-state index contributed by atoms with van der Waals surface area (Å²) in [5.74, 6) is 1.94. The minimum atomic E-state index is 0.572. The van der Waals surface area contributed by atoms with Crippen molar-refractivity contribution in [3.8, 4) is 11.4 Å². The summed E-state index contributed by atoms with van der Waals surface area (Å²) < 4.78 is 2.07. The van der Waals surface area contributed by atoms with Crippen LogP contribution in [-0.2, 0) is 7.05 Å². The van der Waals surface area contributed by atoms with Crippen molar-refractivity contribution in [3.63, 3.8) is 0 Å². The molecule has 1 aromatic carbocycles. The third-order valence-corrected chi connectivity index (χ3v) is 5.02. The van der Waals surface area contributed by atoms with Crippen molar-refractivity contribution in [2.45, 2.75) is 25.8 Å². The van der Waals surface area contributed by atoms with E-state index in [9.17, 15) is 0 Å². The summed E-state index contributed by atoms with van der Waals surface area (Å²) in [6.07, 6.45) is 4.40. The normalized spacial score (nSPS) is 18.0. The highest BCUT2D eigenvalue weighted by Gasteiger charge is 2.21. The van der Waals surface area contributed by atoms with Gasteiger partial charge in [0.25, 0.3) is 0 Å². The summed E-state index contributed by atoms with van der Waals surface area (Å²) >= 11 is 6.26. The third-order valence-electron chi connectivity index (χ3n) is 4.72. The Morgan fingerprint density at radius 1 is 1.22 bits per heavy atom. The first-order valence-corrected chi connectivity index (χ1v) is 8.37. The predicted molar refractivity (Wildman–Crippen MR) is 95.0 cm³/mol. The smallest absolute Gasteiger partial charge is 0.142 e. The van der Waals surface area contributed by atoms with E-state index in [-0.39, 0.29) is 0 Å². The highest BCUT2D eigenvalue weighted by Crippen LogP contribution is 2.29. The zero-order chi connectivity index (χ0) is 16.0. The topological polar surface area (TPSA) is 34.0 Å². The van der Waals surface area contributed by atoms with Crippen molar-refractivity contribution in [2.24, 2.45) is 7.05 Å². The number of para-hydroxylation sites is 1. The van der Waals surface area contributed by atoms with Crippen LogP contribution in [0, 0.1) is 0 Å². The van der Waals surface area contributed by atoms with Crippen LogP contribution < -0.4 is 4.90 Å². The molecule has 1 aliphatic heterocycles. The second-order valence-corrected chi connectivity index (χ2v) is 6.60. The number of aromatic nitrogens is 3. The Labute approximate surface area is 140 Å². The van der Waals surface area contributed by atoms with Gasteiger partial charge in [0, 0.05) is 31.4 Å². The molecule has 23 heavy (non-hydrogen) atoms. The van der Waals surface area contributed by atoms with Gasteiger partial charge >= 0.3 is 0 Å². The molecule has 0 N–H and O–H groups in total. The van der Waals surface area contributed by atoms with Crippen LogP contribution in [0.3, 0.4) is 0 Å². The molecule has 2 aromatic heterocycles. The number of rotatable bonds is 2. The minimum absolute atomic E-state index is 0.572. The SMILES string of the molecule is CC1CCCN1c1ccc(-c2nc3c(Cl)cccc3n2C)cn1. The average Bonchev–Trinajstić information content (AvgIpc) is 3.13. The molecule has 1 atom stereocenters. The van der Waals surface area contributed by atoms with Gasteiger partial charge in [0.15, 0.2) is 0 Å². The maximum Gasteiger partial charge on any atom is 0.142 e. The molecule has 0 aliphatic carbocycles. The van der Waals surface area contributed by atoms with Crippen LogP contribution in [-0.4, -0.2) is 27.1 Å². The number of fused-ring (bicyclic) bond motifs is 1. The lowest BCUT2D eigenvalue weighted by Gasteiger charge is -2.22. The van der Waals surface area contributed by atoms with Crippen LogP contribution >= 0.6 is 11.6 Å². The second kappa shape index (κ2) is 5.53. The molecule has 1 aliphatic rings. The maximum atomic E-state index is 6.26. The average molecular weight is 327 g/mol. The molecule has 0 saturated carbocycles. The van der Waals surface area contributed by atoms with E-state index in [4.69, 9.17) is 16.6 Å². The van der Waals surface area contributed by atoms with E-state index in [1.165, 1.54) is 12.8 Å². The standard InChI is InChI=1S/C18H19ClN4/c1-12-5-4-10-23(12)16-9-8-13(11-20-16)18-21-17-14(19)6-3-7-15(17)22(18)2/h3,6-9,11-12H,4-5,10H2,1-2H3. The van der Waals surface area contributed by atoms with Crippen molar-refractivity contribution in [2.75, 3.05) is 11.4 Å². The molecule has 0 bridgehead atoms. The Hall–Kier alpha value is -2.07. The number of benzene rings is 1. The van der Waals surface area contributed by atoms with Gasteiger partial charge in [0.2, 0.25) is 0 Å². The number of hydrogen-bond acceptors (Lipinski definition) is 3. The van der Waals surface area contributed by atoms with Gasteiger partial charge in [-0.1, -0.05) is 17.7 Å². The highest BCUT2D eigenvalue weighted by molar-refractivity contribution is 6.35. The van der Waals surface area contributed by atoms with Gasteiger partial charge in [-0.3, -0.25) is 0 Å². The maximum absolute atomic E-state index is 6.26.